The molecule has 84 valence electrons. The Labute approximate surface area is 86.9 Å². The fourth-order valence-electron chi connectivity index (χ4n) is 2.10. The van der Waals surface area contributed by atoms with E-state index in [1.807, 2.05) is 0 Å². The average molecular weight is 201 g/mol. The monoisotopic (exact) mass is 201 g/mol. The van der Waals surface area contributed by atoms with Gasteiger partial charge in [0.25, 0.3) is 0 Å². The Kier molecular flexibility index (Phi) is 5.45. The van der Waals surface area contributed by atoms with Crippen LogP contribution in [0.15, 0.2) is 0 Å². The van der Waals surface area contributed by atoms with Crippen LogP contribution in [-0.2, 0) is 9.47 Å². The second kappa shape index (κ2) is 6.38. The minimum absolute atomic E-state index is 0.298. The first-order valence-corrected chi connectivity index (χ1v) is 5.62. The number of methoxy groups -OCH3 is 1. The van der Waals surface area contributed by atoms with Crippen molar-refractivity contribution in [1.29, 1.82) is 0 Å². The highest BCUT2D eigenvalue weighted by atomic mass is 16.5. The molecular formula is C11H23NO2. The van der Waals surface area contributed by atoms with E-state index in [-0.39, 0.29) is 0 Å². The van der Waals surface area contributed by atoms with Crippen molar-refractivity contribution < 1.29 is 9.47 Å². The number of nitrogens with two attached hydrogens (primary N) is 1. The van der Waals surface area contributed by atoms with Gasteiger partial charge in [0.2, 0.25) is 0 Å². The molecule has 0 amide bonds. The predicted octanol–water partition coefficient (Wildman–Crippen LogP) is 1.56. The molecule has 0 saturated heterocycles. The summed E-state index contributed by atoms with van der Waals surface area (Å²) in [5, 5.41) is 0. The van der Waals surface area contributed by atoms with Gasteiger partial charge in [0.1, 0.15) is 0 Å². The Bertz CT molecular complexity index is 152. The van der Waals surface area contributed by atoms with Gasteiger partial charge in [0.05, 0.1) is 12.2 Å². The molecule has 3 unspecified atom stereocenters. The van der Waals surface area contributed by atoms with Crippen LogP contribution in [0.2, 0.25) is 0 Å². The molecule has 0 aromatic carbocycles. The van der Waals surface area contributed by atoms with Crippen molar-refractivity contribution in [3.63, 3.8) is 0 Å². The van der Waals surface area contributed by atoms with Gasteiger partial charge in [-0.15, -0.1) is 0 Å². The van der Waals surface area contributed by atoms with E-state index < -0.39 is 0 Å². The van der Waals surface area contributed by atoms with Gasteiger partial charge in [-0.25, -0.2) is 0 Å². The maximum Gasteiger partial charge on any atom is 0.0619 e. The lowest BCUT2D eigenvalue weighted by Gasteiger charge is -2.23. The summed E-state index contributed by atoms with van der Waals surface area (Å²) >= 11 is 0. The summed E-state index contributed by atoms with van der Waals surface area (Å²) in [4.78, 5) is 0. The molecule has 14 heavy (non-hydrogen) atoms. The maximum atomic E-state index is 5.96. The lowest BCUT2D eigenvalue weighted by atomic mass is 10.1. The van der Waals surface area contributed by atoms with Gasteiger partial charge < -0.3 is 15.2 Å². The lowest BCUT2D eigenvalue weighted by Crippen LogP contribution is -2.29. The van der Waals surface area contributed by atoms with Crippen LogP contribution in [0.25, 0.3) is 0 Å². The molecule has 1 aliphatic carbocycles. The molecule has 0 bridgehead atoms. The third kappa shape index (κ3) is 3.56. The molecule has 0 spiro atoms. The minimum atomic E-state index is 0.298. The van der Waals surface area contributed by atoms with Crippen LogP contribution >= 0.6 is 0 Å². The lowest BCUT2D eigenvalue weighted by molar-refractivity contribution is -0.0321. The van der Waals surface area contributed by atoms with Crippen LogP contribution in [0.1, 0.15) is 32.6 Å². The van der Waals surface area contributed by atoms with Crippen LogP contribution < -0.4 is 5.73 Å². The molecule has 1 rings (SSSR count). The Balaban J connectivity index is 2.21. The minimum Gasteiger partial charge on any atom is -0.385 e. The molecular weight excluding hydrogens is 178 g/mol. The van der Waals surface area contributed by atoms with E-state index in [0.717, 1.165) is 19.6 Å². The van der Waals surface area contributed by atoms with Gasteiger partial charge in [-0.2, -0.15) is 0 Å². The van der Waals surface area contributed by atoms with Crippen molar-refractivity contribution >= 4 is 0 Å². The number of hydrogen-bond donors (Lipinski definition) is 1. The quantitative estimate of drug-likeness (QED) is 0.709. The van der Waals surface area contributed by atoms with Crippen molar-refractivity contribution in [3.8, 4) is 0 Å². The van der Waals surface area contributed by atoms with Crippen LogP contribution in [0.3, 0.4) is 0 Å². The first-order chi connectivity index (χ1) is 6.77. The zero-order valence-electron chi connectivity index (χ0n) is 9.37. The van der Waals surface area contributed by atoms with Gasteiger partial charge in [-0.1, -0.05) is 6.42 Å². The van der Waals surface area contributed by atoms with Gasteiger partial charge in [-0.3, -0.25) is 0 Å². The fourth-order valence-corrected chi connectivity index (χ4v) is 2.10. The molecule has 0 aromatic rings. The molecule has 2 N–H and O–H groups in total. The first-order valence-electron chi connectivity index (χ1n) is 5.62. The predicted molar refractivity (Wildman–Crippen MR) is 57.2 cm³/mol. The van der Waals surface area contributed by atoms with E-state index in [0.29, 0.717) is 18.1 Å². The summed E-state index contributed by atoms with van der Waals surface area (Å²) < 4.78 is 11.0. The van der Waals surface area contributed by atoms with Gasteiger partial charge in [-0.05, 0) is 38.6 Å². The normalized spacial score (nSPS) is 29.4. The van der Waals surface area contributed by atoms with Gasteiger partial charge >= 0.3 is 0 Å². The summed E-state index contributed by atoms with van der Waals surface area (Å²) in [5.41, 5.74) is 5.70. The summed E-state index contributed by atoms with van der Waals surface area (Å²) in [5.74, 6) is 0.583. The van der Waals surface area contributed by atoms with Crippen LogP contribution in [0.4, 0.5) is 0 Å². The zero-order chi connectivity index (χ0) is 10.4. The topological polar surface area (TPSA) is 44.5 Å². The summed E-state index contributed by atoms with van der Waals surface area (Å²) in [6.45, 7) is 3.66. The van der Waals surface area contributed by atoms with Crippen molar-refractivity contribution in [1.82, 2.24) is 0 Å². The summed E-state index contributed by atoms with van der Waals surface area (Å²) in [6.07, 6.45) is 5.35. The first kappa shape index (κ1) is 12.0. The Hall–Kier alpha value is -0.120. The molecule has 3 atom stereocenters. The molecule has 3 heteroatoms. The summed E-state index contributed by atoms with van der Waals surface area (Å²) in [6, 6.07) is 0. The van der Waals surface area contributed by atoms with Crippen molar-refractivity contribution in [2.24, 2.45) is 11.7 Å². The van der Waals surface area contributed by atoms with E-state index in [9.17, 15) is 0 Å². The molecule has 3 nitrogen and oxygen atoms in total. The average Bonchev–Trinajstić information content (AvgIpc) is 2.62. The van der Waals surface area contributed by atoms with Crippen LogP contribution in [0.5, 0.6) is 0 Å². The van der Waals surface area contributed by atoms with Crippen LogP contribution in [0, 0.1) is 5.92 Å². The third-order valence-electron chi connectivity index (χ3n) is 3.03. The third-order valence-corrected chi connectivity index (χ3v) is 3.03. The molecule has 1 saturated carbocycles. The molecule has 0 radical (unpaired) electrons. The van der Waals surface area contributed by atoms with Crippen LogP contribution in [-0.4, -0.2) is 32.5 Å². The van der Waals surface area contributed by atoms with Gasteiger partial charge in [0.15, 0.2) is 0 Å². The van der Waals surface area contributed by atoms with E-state index in [1.165, 1.54) is 19.3 Å². The fraction of sp³-hybridized carbons (Fsp3) is 1.00. The van der Waals surface area contributed by atoms with Gasteiger partial charge in [0, 0.05) is 13.7 Å². The SMILES string of the molecule is COCCC(C)OC1CCCC1CN. The van der Waals surface area contributed by atoms with E-state index in [2.05, 4.69) is 6.92 Å². The standard InChI is InChI=1S/C11H23NO2/c1-9(6-7-13-2)14-11-5-3-4-10(11)8-12/h9-11H,3-8,12H2,1-2H3. The number of rotatable bonds is 6. The second-order valence-corrected chi connectivity index (χ2v) is 4.19. The van der Waals surface area contributed by atoms with E-state index in [4.69, 9.17) is 15.2 Å². The number of hydrogen-bond acceptors (Lipinski definition) is 3. The molecule has 1 aliphatic rings. The van der Waals surface area contributed by atoms with E-state index in [1.54, 1.807) is 7.11 Å². The van der Waals surface area contributed by atoms with Crippen molar-refractivity contribution in [2.75, 3.05) is 20.3 Å². The highest BCUT2D eigenvalue weighted by Gasteiger charge is 2.27. The Morgan fingerprint density at radius 2 is 2.21 bits per heavy atom. The Morgan fingerprint density at radius 3 is 2.86 bits per heavy atom. The largest absolute Gasteiger partial charge is 0.385 e. The molecule has 0 aliphatic heterocycles. The van der Waals surface area contributed by atoms with Crippen molar-refractivity contribution in [2.45, 2.75) is 44.8 Å². The smallest absolute Gasteiger partial charge is 0.0619 e. The maximum absolute atomic E-state index is 5.96. The highest BCUT2D eigenvalue weighted by molar-refractivity contribution is 4.79. The highest BCUT2D eigenvalue weighted by Crippen LogP contribution is 2.28. The second-order valence-electron chi connectivity index (χ2n) is 4.19. The molecule has 0 heterocycles. The van der Waals surface area contributed by atoms with Crippen molar-refractivity contribution in [3.05, 3.63) is 0 Å². The molecule has 0 aromatic heterocycles. The zero-order valence-corrected chi connectivity index (χ0v) is 9.37. The molecule has 1 fully saturated rings. The summed E-state index contributed by atoms with van der Waals surface area (Å²) in [7, 11) is 1.73. The Morgan fingerprint density at radius 1 is 1.43 bits per heavy atom. The van der Waals surface area contributed by atoms with E-state index >= 15 is 0 Å². The number of ether oxygens (including phenoxy) is 2.